The maximum atomic E-state index is 9.43. The lowest BCUT2D eigenvalue weighted by molar-refractivity contribution is 0.204. The van der Waals surface area contributed by atoms with Crippen LogP contribution in [0.4, 0.5) is 0 Å². The lowest BCUT2D eigenvalue weighted by atomic mass is 10.0. The van der Waals surface area contributed by atoms with Gasteiger partial charge in [0.25, 0.3) is 0 Å². The first-order valence-electron chi connectivity index (χ1n) is 6.06. The van der Waals surface area contributed by atoms with Gasteiger partial charge in [0.1, 0.15) is 11.6 Å². The third kappa shape index (κ3) is 1.89. The summed E-state index contributed by atoms with van der Waals surface area (Å²) in [6.07, 6.45) is 7.53. The zero-order valence-electron chi connectivity index (χ0n) is 9.67. The number of fused-ring (bicyclic) bond motifs is 1. The molecule has 1 aliphatic heterocycles. The second-order valence-corrected chi connectivity index (χ2v) is 4.52. The smallest absolute Gasteiger partial charge is 0.116 e. The standard InChI is InChI=1S/C13H16N2O2/c16-9-11-4-1-3-10-8-14-13(15(10)11)7-12-5-2-6-17-12/h2,5-6,8,11,16H,1,3-4,7,9H2. The number of imidazole rings is 1. The fourth-order valence-electron chi connectivity index (χ4n) is 2.59. The highest BCUT2D eigenvalue weighted by Crippen LogP contribution is 2.27. The van der Waals surface area contributed by atoms with E-state index in [2.05, 4.69) is 9.55 Å². The van der Waals surface area contributed by atoms with Gasteiger partial charge in [0.2, 0.25) is 0 Å². The van der Waals surface area contributed by atoms with Crippen molar-refractivity contribution in [3.8, 4) is 0 Å². The summed E-state index contributed by atoms with van der Waals surface area (Å²) in [5, 5.41) is 9.43. The average molecular weight is 232 g/mol. The average Bonchev–Trinajstić information content (AvgIpc) is 2.99. The molecule has 0 amide bonds. The van der Waals surface area contributed by atoms with Gasteiger partial charge in [-0.1, -0.05) is 0 Å². The first-order chi connectivity index (χ1) is 8.38. The van der Waals surface area contributed by atoms with Crippen LogP contribution < -0.4 is 0 Å². The van der Waals surface area contributed by atoms with Gasteiger partial charge in [-0.2, -0.15) is 0 Å². The molecule has 1 atom stereocenters. The number of aryl methyl sites for hydroxylation is 1. The molecular formula is C13H16N2O2. The summed E-state index contributed by atoms with van der Waals surface area (Å²) < 4.78 is 7.54. The Labute approximate surface area is 99.9 Å². The van der Waals surface area contributed by atoms with Gasteiger partial charge in [-0.15, -0.1) is 0 Å². The maximum Gasteiger partial charge on any atom is 0.116 e. The summed E-state index contributed by atoms with van der Waals surface area (Å²) >= 11 is 0. The normalized spacial score (nSPS) is 19.2. The van der Waals surface area contributed by atoms with E-state index in [1.165, 1.54) is 5.69 Å². The summed E-state index contributed by atoms with van der Waals surface area (Å²) in [6.45, 7) is 0.189. The number of rotatable bonds is 3. The molecule has 17 heavy (non-hydrogen) atoms. The Hall–Kier alpha value is -1.55. The van der Waals surface area contributed by atoms with Gasteiger partial charge in [-0.3, -0.25) is 0 Å². The molecule has 0 bridgehead atoms. The Bertz CT molecular complexity index is 487. The van der Waals surface area contributed by atoms with Crippen LogP contribution in [0.25, 0.3) is 0 Å². The Morgan fingerprint density at radius 2 is 2.47 bits per heavy atom. The first-order valence-corrected chi connectivity index (χ1v) is 6.06. The monoisotopic (exact) mass is 232 g/mol. The van der Waals surface area contributed by atoms with Gasteiger partial charge >= 0.3 is 0 Å². The van der Waals surface area contributed by atoms with Crippen molar-refractivity contribution in [1.29, 1.82) is 0 Å². The molecule has 4 heteroatoms. The molecule has 2 aromatic heterocycles. The van der Waals surface area contributed by atoms with Crippen LogP contribution in [-0.2, 0) is 12.8 Å². The van der Waals surface area contributed by atoms with E-state index in [-0.39, 0.29) is 12.6 Å². The molecule has 0 saturated heterocycles. The first kappa shape index (κ1) is 10.6. The van der Waals surface area contributed by atoms with Crippen LogP contribution in [0.15, 0.2) is 29.0 Å². The fourth-order valence-corrected chi connectivity index (χ4v) is 2.59. The topological polar surface area (TPSA) is 51.2 Å². The summed E-state index contributed by atoms with van der Waals surface area (Å²) in [7, 11) is 0. The van der Waals surface area contributed by atoms with Crippen LogP contribution in [-0.4, -0.2) is 21.3 Å². The van der Waals surface area contributed by atoms with Crippen LogP contribution >= 0.6 is 0 Å². The van der Waals surface area contributed by atoms with E-state index in [1.807, 2.05) is 18.3 Å². The van der Waals surface area contributed by atoms with Crippen molar-refractivity contribution >= 4 is 0 Å². The molecule has 0 fully saturated rings. The fraction of sp³-hybridized carbons (Fsp3) is 0.462. The number of aliphatic hydroxyl groups excluding tert-OH is 1. The predicted molar refractivity (Wildman–Crippen MR) is 62.8 cm³/mol. The molecule has 0 aliphatic carbocycles. The van der Waals surface area contributed by atoms with Crippen molar-refractivity contribution in [2.75, 3.05) is 6.61 Å². The minimum absolute atomic E-state index is 0.186. The van der Waals surface area contributed by atoms with Gasteiger partial charge in [-0.25, -0.2) is 4.98 Å². The van der Waals surface area contributed by atoms with Crippen LogP contribution in [0.3, 0.4) is 0 Å². The number of hydrogen-bond acceptors (Lipinski definition) is 3. The molecule has 0 spiro atoms. The minimum atomic E-state index is 0.186. The molecule has 0 saturated carbocycles. The van der Waals surface area contributed by atoms with Crippen molar-refractivity contribution < 1.29 is 9.52 Å². The Kier molecular flexibility index (Phi) is 2.73. The quantitative estimate of drug-likeness (QED) is 0.879. The molecule has 90 valence electrons. The third-order valence-corrected chi connectivity index (χ3v) is 3.41. The molecule has 1 N–H and O–H groups in total. The van der Waals surface area contributed by atoms with Crippen LogP contribution in [0.5, 0.6) is 0 Å². The third-order valence-electron chi connectivity index (χ3n) is 3.41. The van der Waals surface area contributed by atoms with E-state index in [1.54, 1.807) is 6.26 Å². The van der Waals surface area contributed by atoms with Crippen LogP contribution in [0.2, 0.25) is 0 Å². The molecule has 1 unspecified atom stereocenters. The number of hydrogen-bond donors (Lipinski definition) is 1. The molecule has 3 rings (SSSR count). The molecule has 2 aromatic rings. The molecule has 4 nitrogen and oxygen atoms in total. The van der Waals surface area contributed by atoms with E-state index in [9.17, 15) is 5.11 Å². The van der Waals surface area contributed by atoms with Gasteiger partial charge in [0.05, 0.1) is 25.3 Å². The highest BCUT2D eigenvalue weighted by Gasteiger charge is 2.22. The van der Waals surface area contributed by atoms with Crippen molar-refractivity contribution in [2.45, 2.75) is 31.7 Å². The Morgan fingerprint density at radius 3 is 3.24 bits per heavy atom. The molecule has 0 radical (unpaired) electrons. The summed E-state index contributed by atoms with van der Waals surface area (Å²) in [4.78, 5) is 4.46. The second kappa shape index (κ2) is 4.37. The van der Waals surface area contributed by atoms with Gasteiger partial charge in [0.15, 0.2) is 0 Å². The molecular weight excluding hydrogens is 216 g/mol. The van der Waals surface area contributed by atoms with Crippen molar-refractivity contribution in [1.82, 2.24) is 9.55 Å². The SMILES string of the molecule is OCC1CCCc2cnc(Cc3ccco3)n21. The highest BCUT2D eigenvalue weighted by molar-refractivity contribution is 5.15. The van der Waals surface area contributed by atoms with E-state index in [0.29, 0.717) is 6.42 Å². The minimum Gasteiger partial charge on any atom is -0.469 e. The van der Waals surface area contributed by atoms with E-state index in [0.717, 1.165) is 30.8 Å². The van der Waals surface area contributed by atoms with E-state index < -0.39 is 0 Å². The number of furan rings is 1. The lowest BCUT2D eigenvalue weighted by Crippen LogP contribution is -2.22. The lowest BCUT2D eigenvalue weighted by Gasteiger charge is -2.25. The molecule has 3 heterocycles. The molecule has 1 aliphatic rings. The largest absolute Gasteiger partial charge is 0.469 e. The predicted octanol–water partition coefficient (Wildman–Crippen LogP) is 1.94. The second-order valence-electron chi connectivity index (χ2n) is 4.52. The Balaban J connectivity index is 1.93. The summed E-state index contributed by atoms with van der Waals surface area (Å²) in [5.41, 5.74) is 1.23. The van der Waals surface area contributed by atoms with Gasteiger partial charge in [0, 0.05) is 11.9 Å². The summed E-state index contributed by atoms with van der Waals surface area (Å²) in [5.74, 6) is 1.91. The number of nitrogens with zero attached hydrogens (tertiary/aromatic N) is 2. The van der Waals surface area contributed by atoms with Gasteiger partial charge < -0.3 is 14.1 Å². The van der Waals surface area contributed by atoms with Crippen molar-refractivity contribution in [2.24, 2.45) is 0 Å². The number of aromatic nitrogens is 2. The van der Waals surface area contributed by atoms with Crippen molar-refractivity contribution in [3.05, 3.63) is 41.9 Å². The molecule has 0 aromatic carbocycles. The highest BCUT2D eigenvalue weighted by atomic mass is 16.3. The summed E-state index contributed by atoms with van der Waals surface area (Å²) in [6, 6.07) is 4.03. The van der Waals surface area contributed by atoms with Gasteiger partial charge in [-0.05, 0) is 31.4 Å². The zero-order valence-corrected chi connectivity index (χ0v) is 9.67. The number of aliphatic hydroxyl groups is 1. The Morgan fingerprint density at radius 1 is 1.53 bits per heavy atom. The van der Waals surface area contributed by atoms with Crippen LogP contribution in [0.1, 0.15) is 36.2 Å². The van der Waals surface area contributed by atoms with Crippen LogP contribution in [0, 0.1) is 0 Å². The van der Waals surface area contributed by atoms with E-state index >= 15 is 0 Å². The maximum absolute atomic E-state index is 9.43. The van der Waals surface area contributed by atoms with E-state index in [4.69, 9.17) is 4.42 Å². The zero-order chi connectivity index (χ0) is 11.7. The van der Waals surface area contributed by atoms with Crippen molar-refractivity contribution in [3.63, 3.8) is 0 Å².